The molecule has 0 spiro atoms. The molecule has 90 valence electrons. The molecule has 1 rings (SSSR count). The minimum absolute atomic E-state index is 0.0632. The highest BCUT2D eigenvalue weighted by Crippen LogP contribution is 1.99. The summed E-state index contributed by atoms with van der Waals surface area (Å²) < 4.78 is 25.3. The lowest BCUT2D eigenvalue weighted by molar-refractivity contribution is 0.205. The fraction of sp³-hybridized carbons (Fsp3) is 0.400. The molecule has 6 heteroatoms. The van der Waals surface area contributed by atoms with Crippen molar-refractivity contribution in [2.75, 3.05) is 12.3 Å². The predicted molar refractivity (Wildman–Crippen MR) is 62.1 cm³/mol. The Morgan fingerprint density at radius 1 is 1.31 bits per heavy atom. The quantitative estimate of drug-likeness (QED) is 0.624. The van der Waals surface area contributed by atoms with Gasteiger partial charge in [0, 0.05) is 13.1 Å². The van der Waals surface area contributed by atoms with Crippen molar-refractivity contribution in [1.82, 2.24) is 4.72 Å². The third-order valence-electron chi connectivity index (χ3n) is 2.02. The van der Waals surface area contributed by atoms with Crippen LogP contribution < -0.4 is 10.5 Å². The largest absolute Gasteiger partial charge is 0.391 e. The molecule has 1 aromatic carbocycles. The molecule has 4 N–H and O–H groups in total. The highest BCUT2D eigenvalue weighted by Gasteiger charge is 2.15. The SMILES string of the molecule is NC[C@H](O)CS(=O)(=O)NCc1ccccc1. The van der Waals surface area contributed by atoms with Gasteiger partial charge in [-0.15, -0.1) is 0 Å². The number of benzene rings is 1. The Bertz CT molecular complexity index is 405. The minimum atomic E-state index is -3.47. The molecule has 5 nitrogen and oxygen atoms in total. The Labute approximate surface area is 95.3 Å². The van der Waals surface area contributed by atoms with Gasteiger partial charge in [-0.25, -0.2) is 13.1 Å². The maximum Gasteiger partial charge on any atom is 0.214 e. The molecular weight excluding hydrogens is 228 g/mol. The van der Waals surface area contributed by atoms with E-state index >= 15 is 0 Å². The summed E-state index contributed by atoms with van der Waals surface area (Å²) in [6.07, 6.45) is -1.02. The van der Waals surface area contributed by atoms with Crippen molar-refractivity contribution in [3.8, 4) is 0 Å². The summed E-state index contributed by atoms with van der Waals surface area (Å²) in [4.78, 5) is 0. The van der Waals surface area contributed by atoms with Crippen LogP contribution in [0, 0.1) is 0 Å². The first kappa shape index (κ1) is 13.1. The minimum Gasteiger partial charge on any atom is -0.391 e. The number of aliphatic hydroxyl groups excluding tert-OH is 1. The van der Waals surface area contributed by atoms with E-state index in [-0.39, 0.29) is 18.8 Å². The van der Waals surface area contributed by atoms with Crippen LogP contribution in [0.5, 0.6) is 0 Å². The second-order valence-electron chi connectivity index (χ2n) is 3.48. The van der Waals surface area contributed by atoms with Crippen molar-refractivity contribution in [2.45, 2.75) is 12.6 Å². The molecule has 0 aromatic heterocycles. The summed E-state index contributed by atoms with van der Waals surface area (Å²) in [6, 6.07) is 9.16. The van der Waals surface area contributed by atoms with Crippen molar-refractivity contribution in [3.05, 3.63) is 35.9 Å². The summed E-state index contributed by atoms with van der Waals surface area (Å²) in [7, 11) is -3.47. The summed E-state index contributed by atoms with van der Waals surface area (Å²) in [6.45, 7) is 0.159. The van der Waals surface area contributed by atoms with Gasteiger partial charge in [-0.2, -0.15) is 0 Å². The van der Waals surface area contributed by atoms with Gasteiger partial charge in [0.15, 0.2) is 0 Å². The third-order valence-corrected chi connectivity index (χ3v) is 3.43. The molecule has 0 aliphatic rings. The van der Waals surface area contributed by atoms with Gasteiger partial charge in [0.2, 0.25) is 10.0 Å². The Morgan fingerprint density at radius 2 is 1.94 bits per heavy atom. The van der Waals surface area contributed by atoms with Crippen LogP contribution in [0.4, 0.5) is 0 Å². The molecule has 0 bridgehead atoms. The summed E-state index contributed by atoms with van der Waals surface area (Å²) in [5, 5.41) is 9.15. The van der Waals surface area contributed by atoms with Gasteiger partial charge in [-0.1, -0.05) is 30.3 Å². The lowest BCUT2D eigenvalue weighted by Crippen LogP contribution is -2.35. The molecule has 16 heavy (non-hydrogen) atoms. The molecule has 0 saturated heterocycles. The molecule has 1 atom stereocenters. The number of sulfonamides is 1. The van der Waals surface area contributed by atoms with Gasteiger partial charge >= 0.3 is 0 Å². The number of nitrogens with two attached hydrogens (primary N) is 1. The van der Waals surface area contributed by atoms with Crippen molar-refractivity contribution in [2.24, 2.45) is 5.73 Å². The Morgan fingerprint density at radius 3 is 2.50 bits per heavy atom. The number of hydrogen-bond acceptors (Lipinski definition) is 4. The third kappa shape index (κ3) is 4.71. The van der Waals surface area contributed by atoms with Crippen molar-refractivity contribution >= 4 is 10.0 Å². The van der Waals surface area contributed by atoms with Crippen LogP contribution in [0.3, 0.4) is 0 Å². The fourth-order valence-corrected chi connectivity index (χ4v) is 2.32. The maximum atomic E-state index is 11.4. The zero-order valence-corrected chi connectivity index (χ0v) is 9.65. The zero-order chi connectivity index (χ0) is 12.0. The highest BCUT2D eigenvalue weighted by molar-refractivity contribution is 7.89. The summed E-state index contributed by atoms with van der Waals surface area (Å²) in [5.41, 5.74) is 6.01. The van der Waals surface area contributed by atoms with Crippen LogP contribution in [0.1, 0.15) is 5.56 Å². The van der Waals surface area contributed by atoms with Crippen LogP contribution >= 0.6 is 0 Å². The highest BCUT2D eigenvalue weighted by atomic mass is 32.2. The van der Waals surface area contributed by atoms with Gasteiger partial charge < -0.3 is 10.8 Å². The zero-order valence-electron chi connectivity index (χ0n) is 8.83. The normalized spacial score (nSPS) is 13.6. The van der Waals surface area contributed by atoms with Crippen LogP contribution in [0.25, 0.3) is 0 Å². The van der Waals surface area contributed by atoms with Gasteiger partial charge in [0.25, 0.3) is 0 Å². The number of rotatable bonds is 6. The average Bonchev–Trinajstić information content (AvgIpc) is 2.27. The van der Waals surface area contributed by atoms with Crippen LogP contribution in [0.2, 0.25) is 0 Å². The standard InChI is InChI=1S/C10H16N2O3S/c11-6-10(13)8-16(14,15)12-7-9-4-2-1-3-5-9/h1-5,10,12-13H,6-8,11H2/t10-/m0/s1. The number of aliphatic hydroxyl groups is 1. The Kier molecular flexibility index (Phi) is 4.88. The van der Waals surface area contributed by atoms with Crippen molar-refractivity contribution in [3.63, 3.8) is 0 Å². The molecule has 0 aliphatic carbocycles. The number of nitrogens with one attached hydrogen (secondary N) is 1. The van der Waals surface area contributed by atoms with E-state index in [1.807, 2.05) is 30.3 Å². The van der Waals surface area contributed by atoms with Gasteiger partial charge in [-0.3, -0.25) is 0 Å². The van der Waals surface area contributed by atoms with Gasteiger partial charge in [0.05, 0.1) is 11.9 Å². The fourth-order valence-electron chi connectivity index (χ4n) is 1.17. The Balaban J connectivity index is 2.49. The molecular formula is C10H16N2O3S. The predicted octanol–water partition coefficient (Wildman–Crippen LogP) is -0.574. The monoisotopic (exact) mass is 244 g/mol. The lowest BCUT2D eigenvalue weighted by atomic mass is 10.2. The molecule has 0 saturated carbocycles. The lowest BCUT2D eigenvalue weighted by Gasteiger charge is -2.09. The van der Waals surface area contributed by atoms with Crippen molar-refractivity contribution in [1.29, 1.82) is 0 Å². The van der Waals surface area contributed by atoms with E-state index in [0.717, 1.165) is 5.56 Å². The first-order valence-electron chi connectivity index (χ1n) is 4.93. The molecule has 0 unspecified atom stereocenters. The summed E-state index contributed by atoms with van der Waals surface area (Å²) >= 11 is 0. The van der Waals surface area contributed by atoms with Crippen molar-refractivity contribution < 1.29 is 13.5 Å². The molecule has 1 aromatic rings. The van der Waals surface area contributed by atoms with E-state index in [2.05, 4.69) is 4.72 Å². The van der Waals surface area contributed by atoms with E-state index in [0.29, 0.717) is 0 Å². The summed E-state index contributed by atoms with van der Waals surface area (Å²) in [5.74, 6) is -0.365. The molecule has 0 radical (unpaired) electrons. The van der Waals surface area contributed by atoms with Gasteiger partial charge in [-0.05, 0) is 5.56 Å². The smallest absolute Gasteiger partial charge is 0.214 e. The van der Waals surface area contributed by atoms with Gasteiger partial charge in [0.1, 0.15) is 0 Å². The first-order valence-corrected chi connectivity index (χ1v) is 6.58. The van der Waals surface area contributed by atoms with Crippen LogP contribution in [-0.4, -0.2) is 31.9 Å². The second kappa shape index (κ2) is 5.95. The van der Waals surface area contributed by atoms with E-state index in [1.165, 1.54) is 0 Å². The Hall–Kier alpha value is -0.950. The van der Waals surface area contributed by atoms with Crippen LogP contribution in [0.15, 0.2) is 30.3 Å². The molecule has 0 aliphatic heterocycles. The van der Waals surface area contributed by atoms with Crippen LogP contribution in [-0.2, 0) is 16.6 Å². The first-order chi connectivity index (χ1) is 7.53. The van der Waals surface area contributed by atoms with E-state index < -0.39 is 16.1 Å². The maximum absolute atomic E-state index is 11.4. The topological polar surface area (TPSA) is 92.4 Å². The number of hydrogen-bond donors (Lipinski definition) is 3. The van der Waals surface area contributed by atoms with E-state index in [9.17, 15) is 8.42 Å². The second-order valence-corrected chi connectivity index (χ2v) is 5.33. The molecule has 0 heterocycles. The average molecular weight is 244 g/mol. The molecule has 0 amide bonds. The molecule has 0 fully saturated rings. The van der Waals surface area contributed by atoms with E-state index in [1.54, 1.807) is 0 Å². The van der Waals surface area contributed by atoms with E-state index in [4.69, 9.17) is 10.8 Å².